The highest BCUT2D eigenvalue weighted by atomic mass is 31.2. The summed E-state index contributed by atoms with van der Waals surface area (Å²) < 4.78 is 76.7. The summed E-state index contributed by atoms with van der Waals surface area (Å²) in [4.78, 5) is 18.2. The number of aromatic nitrogens is 3. The van der Waals surface area contributed by atoms with Crippen LogP contribution in [0.3, 0.4) is 0 Å². The molecule has 0 radical (unpaired) electrons. The van der Waals surface area contributed by atoms with Gasteiger partial charge in [0.1, 0.15) is 60.7 Å². The van der Waals surface area contributed by atoms with E-state index < -0.39 is 69.1 Å². The van der Waals surface area contributed by atoms with Gasteiger partial charge in [0.15, 0.2) is 5.82 Å². The monoisotopic (exact) mass is 697 g/mol. The summed E-state index contributed by atoms with van der Waals surface area (Å²) in [6.45, 7) is -0.361. The molecule has 5 N–H and O–H groups in total. The Labute approximate surface area is 272 Å². The van der Waals surface area contributed by atoms with E-state index in [1.54, 1.807) is 30.3 Å². The van der Waals surface area contributed by atoms with Crippen LogP contribution in [-0.4, -0.2) is 98.1 Å². The number of esters is 1. The molecule has 2 unspecified atom stereocenters. The third-order valence-corrected chi connectivity index (χ3v) is 9.64. The van der Waals surface area contributed by atoms with Crippen molar-refractivity contribution in [2.75, 3.05) is 32.0 Å². The van der Waals surface area contributed by atoms with Gasteiger partial charge in [0.2, 0.25) is 5.60 Å². The predicted octanol–water partition coefficient (Wildman–Crippen LogP) is 2.51. The number of aliphatic hydroxyl groups excluding tert-OH is 2. The molecule has 0 spiro atoms. The van der Waals surface area contributed by atoms with Crippen LogP contribution in [-0.2, 0) is 23.4 Å². The van der Waals surface area contributed by atoms with Crippen molar-refractivity contribution in [3.8, 4) is 11.8 Å². The lowest BCUT2D eigenvalue weighted by molar-refractivity contribution is -0.152. The first-order valence-electron chi connectivity index (χ1n) is 15.0. The van der Waals surface area contributed by atoms with Crippen molar-refractivity contribution in [2.24, 2.45) is 0 Å². The van der Waals surface area contributed by atoms with Gasteiger partial charge in [-0.3, -0.25) is 14.2 Å². The van der Waals surface area contributed by atoms with Gasteiger partial charge in [-0.1, -0.05) is 18.2 Å². The fourth-order valence-corrected chi connectivity index (χ4v) is 7.10. The number of nitrogens with zero attached hydrogens (tertiary/aromatic N) is 5. The molecule has 5 rings (SSSR count). The first-order valence-corrected chi connectivity index (χ1v) is 16.6. The molecule has 48 heavy (non-hydrogen) atoms. The van der Waals surface area contributed by atoms with E-state index in [4.69, 9.17) is 24.3 Å². The van der Waals surface area contributed by atoms with Crippen molar-refractivity contribution >= 4 is 25.1 Å². The van der Waals surface area contributed by atoms with Crippen LogP contribution in [0.25, 0.3) is 5.52 Å². The van der Waals surface area contributed by atoms with Gasteiger partial charge < -0.3 is 29.9 Å². The highest BCUT2D eigenvalue weighted by Gasteiger charge is 2.57. The van der Waals surface area contributed by atoms with Crippen molar-refractivity contribution in [3.63, 3.8) is 0 Å². The number of anilines is 1. The number of carbonyl (C=O) groups is 1. The molecule has 2 aliphatic heterocycles. The molecule has 0 amide bonds. The number of nitrogens with one attached hydrogen (secondary N) is 1. The first-order chi connectivity index (χ1) is 22.7. The number of hydrogen-bond acceptors (Lipinski definition) is 13. The molecule has 3 aromatic rings. The highest BCUT2D eigenvalue weighted by Crippen LogP contribution is 2.48. The maximum Gasteiger partial charge on any atom is 0.459 e. The van der Waals surface area contributed by atoms with Gasteiger partial charge in [-0.2, -0.15) is 28.6 Å². The summed E-state index contributed by atoms with van der Waals surface area (Å²) in [5.41, 5.74) is 4.25. The van der Waals surface area contributed by atoms with Gasteiger partial charge in [-0.15, -0.1) is 0 Å². The Morgan fingerprint density at radius 1 is 1.25 bits per heavy atom. The number of carbonyl (C=O) groups excluding carboxylic acids is 1. The molecule has 0 aliphatic carbocycles. The van der Waals surface area contributed by atoms with Crippen molar-refractivity contribution in [3.05, 3.63) is 54.5 Å². The average molecular weight is 698 g/mol. The normalized spacial score (nSPS) is 27.1. The maximum atomic E-state index is 14.1. The molecule has 2 fully saturated rings. The minimum Gasteiger partial charge on any atom is -0.461 e. The van der Waals surface area contributed by atoms with Gasteiger partial charge in [0.05, 0.1) is 12.2 Å². The number of alkyl halides is 3. The van der Waals surface area contributed by atoms with E-state index in [2.05, 4.69) is 15.2 Å². The van der Waals surface area contributed by atoms with Gasteiger partial charge in [-0.05, 0) is 57.0 Å². The van der Waals surface area contributed by atoms with Crippen LogP contribution in [0, 0.1) is 11.3 Å². The number of hydrogen-bond donors (Lipinski definition) is 4. The van der Waals surface area contributed by atoms with Crippen LogP contribution in [0.4, 0.5) is 19.0 Å². The second-order valence-electron chi connectivity index (χ2n) is 11.6. The van der Waals surface area contributed by atoms with Crippen LogP contribution in [0.5, 0.6) is 5.75 Å². The molecular formula is C29H35F3N7O8P. The van der Waals surface area contributed by atoms with Gasteiger partial charge in [0.25, 0.3) is 0 Å². The predicted molar refractivity (Wildman–Crippen MR) is 161 cm³/mol. The summed E-state index contributed by atoms with van der Waals surface area (Å²) in [7, 11) is -4.58. The van der Waals surface area contributed by atoms with Crippen molar-refractivity contribution < 1.29 is 51.3 Å². The second kappa shape index (κ2) is 14.3. The lowest BCUT2D eigenvalue weighted by Crippen LogP contribution is -2.46. The Hall–Kier alpha value is -3.82. The Morgan fingerprint density at radius 2 is 2.00 bits per heavy atom. The Balaban J connectivity index is 1.29. The van der Waals surface area contributed by atoms with Gasteiger partial charge >= 0.3 is 19.9 Å². The number of nitriles is 1. The smallest absolute Gasteiger partial charge is 0.459 e. The molecule has 0 bridgehead atoms. The molecule has 0 saturated carbocycles. The molecule has 2 aromatic heterocycles. The molecule has 15 nitrogen and oxygen atoms in total. The number of nitrogens with two attached hydrogens (primary N) is 1. The quantitative estimate of drug-likeness (QED) is 0.168. The lowest BCUT2D eigenvalue weighted by Gasteiger charge is -2.28. The Bertz CT molecular complexity index is 1680. The SMILES string of the molecule is C[C@H](NP(=O)(OC[C@@]1(C#N)O[C@@H](c2ccc3c(N)ncnn23)[C@H](O)[C@@H]1O)Oc1ccccc1)C(=O)OC1CCCN(CC(F)(F)F)CC1. The molecule has 7 atom stereocenters. The maximum absolute atomic E-state index is 14.1. The topological polar surface area (TPSA) is 207 Å². The molecule has 260 valence electrons. The molecule has 4 heterocycles. The largest absolute Gasteiger partial charge is 0.461 e. The molecule has 19 heteroatoms. The average Bonchev–Trinajstić information content (AvgIpc) is 3.49. The minimum atomic E-state index is -4.58. The summed E-state index contributed by atoms with van der Waals surface area (Å²) in [5, 5.41) is 38.7. The third kappa shape index (κ3) is 8.06. The van der Waals surface area contributed by atoms with Crippen LogP contribution < -0.4 is 15.3 Å². The lowest BCUT2D eigenvalue weighted by atomic mass is 9.96. The molecular weight excluding hydrogens is 662 g/mol. The number of nitrogen functional groups attached to an aromatic ring is 1. The van der Waals surface area contributed by atoms with E-state index in [1.165, 1.54) is 40.9 Å². The summed E-state index contributed by atoms with van der Waals surface area (Å²) in [5.74, 6) is -0.663. The summed E-state index contributed by atoms with van der Waals surface area (Å²) in [6, 6.07) is 11.3. The zero-order chi connectivity index (χ0) is 34.7. The number of fused-ring (bicyclic) bond motifs is 1. The summed E-state index contributed by atoms with van der Waals surface area (Å²) >= 11 is 0. The Morgan fingerprint density at radius 3 is 2.71 bits per heavy atom. The molecule has 1 aromatic carbocycles. The van der Waals surface area contributed by atoms with Crippen LogP contribution in [0.2, 0.25) is 0 Å². The zero-order valence-corrected chi connectivity index (χ0v) is 26.6. The number of rotatable bonds is 11. The standard InChI is InChI=1S/C29H35F3N7O8P/c1-18(27(42)45-19-8-5-12-38(13-11-19)15-29(30,31)32)37-48(43,47-20-6-3-2-4-7-20)44-16-28(14-33)25(41)23(40)24(46-28)21-9-10-22-26(34)35-17-36-39(21)22/h2-4,6-7,9-10,17-19,23-25,40-41H,5,8,11-13,15-16H2,1H3,(H,37,43)(H2,34,35,36)/t18-,19?,23-,24-,25-,28+,48?/m0/s1. The van der Waals surface area contributed by atoms with E-state index in [0.717, 1.165) is 0 Å². The van der Waals surface area contributed by atoms with Crippen molar-refractivity contribution in [1.29, 1.82) is 5.26 Å². The number of para-hydroxylation sites is 1. The van der Waals surface area contributed by atoms with Crippen LogP contribution in [0.1, 0.15) is 38.0 Å². The minimum absolute atomic E-state index is 0.0659. The van der Waals surface area contributed by atoms with Crippen LogP contribution >= 0.6 is 7.75 Å². The number of ether oxygens (including phenoxy) is 2. The van der Waals surface area contributed by atoms with Crippen molar-refractivity contribution in [2.45, 2.75) is 68.4 Å². The van der Waals surface area contributed by atoms with E-state index >= 15 is 0 Å². The van der Waals surface area contributed by atoms with E-state index in [9.17, 15) is 38.0 Å². The number of aliphatic hydroxyl groups is 2. The van der Waals surface area contributed by atoms with Crippen molar-refractivity contribution in [1.82, 2.24) is 24.6 Å². The van der Waals surface area contributed by atoms with E-state index in [0.29, 0.717) is 18.4 Å². The van der Waals surface area contributed by atoms with Gasteiger partial charge in [-0.25, -0.2) is 14.1 Å². The van der Waals surface area contributed by atoms with E-state index in [1.807, 2.05) is 0 Å². The summed E-state index contributed by atoms with van der Waals surface area (Å²) in [6.07, 6.45) is -7.80. The Kier molecular flexibility index (Phi) is 10.6. The number of halogens is 3. The zero-order valence-electron chi connectivity index (χ0n) is 25.7. The third-order valence-electron chi connectivity index (χ3n) is 8.02. The second-order valence-corrected chi connectivity index (χ2v) is 13.3. The fraction of sp³-hybridized carbons (Fsp3) is 0.517. The van der Waals surface area contributed by atoms with Crippen LogP contribution in [0.15, 0.2) is 48.8 Å². The number of likely N-dealkylation sites (tertiary alicyclic amines) is 1. The molecule has 2 saturated heterocycles. The van der Waals surface area contributed by atoms with Gasteiger partial charge in [0, 0.05) is 6.54 Å². The highest BCUT2D eigenvalue weighted by molar-refractivity contribution is 7.52. The molecule has 2 aliphatic rings. The first kappa shape index (κ1) is 35.5. The van der Waals surface area contributed by atoms with E-state index in [-0.39, 0.29) is 36.8 Å². The number of benzene rings is 1. The fourth-order valence-electron chi connectivity index (χ4n) is 5.58.